The number of benzene rings is 2. The molecule has 5 heteroatoms. The van der Waals surface area contributed by atoms with Crippen LogP contribution in [-0.4, -0.2) is 10.9 Å². The van der Waals surface area contributed by atoms with Crippen molar-refractivity contribution < 1.29 is 4.79 Å². The van der Waals surface area contributed by atoms with Gasteiger partial charge in [0.15, 0.2) is 5.13 Å². The number of nitrogens with zero attached hydrogens (tertiary/aromatic N) is 1. The van der Waals surface area contributed by atoms with Gasteiger partial charge in [-0.05, 0) is 11.1 Å². The smallest absolute Gasteiger partial charge is 0.263 e. The fourth-order valence-corrected chi connectivity index (χ4v) is 3.08. The van der Waals surface area contributed by atoms with Crippen LogP contribution in [0.1, 0.15) is 26.5 Å². The Morgan fingerprint density at radius 2 is 1.61 bits per heavy atom. The van der Waals surface area contributed by atoms with Gasteiger partial charge in [-0.25, -0.2) is 4.98 Å². The van der Waals surface area contributed by atoms with Gasteiger partial charge in [-0.2, -0.15) is 0 Å². The summed E-state index contributed by atoms with van der Waals surface area (Å²) in [6.07, 6.45) is 0.600. The van der Waals surface area contributed by atoms with Gasteiger partial charge < -0.3 is 11.1 Å². The molecular formula is C18H17N3OS. The summed E-state index contributed by atoms with van der Waals surface area (Å²) in [6, 6.07) is 19.8. The molecule has 4 nitrogen and oxygen atoms in total. The summed E-state index contributed by atoms with van der Waals surface area (Å²) in [6.45, 7) is 0.488. The Morgan fingerprint density at radius 3 is 2.26 bits per heavy atom. The SMILES string of the molecule is Nc1nc(Cc2ccccc2)c(C(=O)NCc2ccccc2)s1. The lowest BCUT2D eigenvalue weighted by atomic mass is 10.1. The molecule has 23 heavy (non-hydrogen) atoms. The molecule has 0 bridgehead atoms. The molecule has 116 valence electrons. The van der Waals surface area contributed by atoms with Gasteiger partial charge in [-0.1, -0.05) is 72.0 Å². The van der Waals surface area contributed by atoms with Crippen molar-refractivity contribution in [2.24, 2.45) is 0 Å². The summed E-state index contributed by atoms with van der Waals surface area (Å²) in [5.41, 5.74) is 8.70. The van der Waals surface area contributed by atoms with Crippen molar-refractivity contribution in [3.8, 4) is 0 Å². The summed E-state index contributed by atoms with van der Waals surface area (Å²) in [4.78, 5) is 17.3. The Hall–Kier alpha value is -2.66. The number of rotatable bonds is 5. The van der Waals surface area contributed by atoms with Gasteiger partial charge in [0.25, 0.3) is 5.91 Å². The molecule has 3 aromatic rings. The van der Waals surface area contributed by atoms with E-state index < -0.39 is 0 Å². The van der Waals surface area contributed by atoms with Gasteiger partial charge in [0.1, 0.15) is 4.88 Å². The Morgan fingerprint density at radius 1 is 1.00 bits per heavy atom. The number of carbonyl (C=O) groups excluding carboxylic acids is 1. The van der Waals surface area contributed by atoms with E-state index in [2.05, 4.69) is 10.3 Å². The van der Waals surface area contributed by atoms with Crippen LogP contribution in [-0.2, 0) is 13.0 Å². The van der Waals surface area contributed by atoms with Crippen LogP contribution in [0.25, 0.3) is 0 Å². The lowest BCUT2D eigenvalue weighted by Crippen LogP contribution is -2.23. The number of nitrogens with two attached hydrogens (primary N) is 1. The molecule has 0 spiro atoms. The molecule has 3 rings (SSSR count). The van der Waals surface area contributed by atoms with E-state index >= 15 is 0 Å². The molecule has 0 saturated heterocycles. The minimum Gasteiger partial charge on any atom is -0.375 e. The molecule has 0 fully saturated rings. The third kappa shape index (κ3) is 3.96. The van der Waals surface area contributed by atoms with Crippen molar-refractivity contribution in [3.05, 3.63) is 82.4 Å². The zero-order chi connectivity index (χ0) is 16.1. The van der Waals surface area contributed by atoms with Crippen molar-refractivity contribution in [1.29, 1.82) is 0 Å². The molecule has 0 atom stereocenters. The first-order chi connectivity index (χ1) is 11.2. The van der Waals surface area contributed by atoms with Gasteiger partial charge in [-0.15, -0.1) is 0 Å². The number of nitrogens with one attached hydrogen (secondary N) is 1. The van der Waals surface area contributed by atoms with Gasteiger partial charge in [0.05, 0.1) is 5.69 Å². The highest BCUT2D eigenvalue weighted by Gasteiger charge is 2.17. The van der Waals surface area contributed by atoms with E-state index in [9.17, 15) is 4.79 Å². The highest BCUT2D eigenvalue weighted by Crippen LogP contribution is 2.23. The molecule has 0 aliphatic carbocycles. The number of anilines is 1. The van der Waals surface area contributed by atoms with Crippen molar-refractivity contribution in [2.75, 3.05) is 5.73 Å². The predicted molar refractivity (Wildman–Crippen MR) is 93.4 cm³/mol. The number of thiazole rings is 1. The molecule has 1 aromatic heterocycles. The molecule has 0 saturated carbocycles. The second kappa shape index (κ2) is 7.07. The first kappa shape index (κ1) is 15.2. The first-order valence-electron chi connectivity index (χ1n) is 7.33. The maximum Gasteiger partial charge on any atom is 0.263 e. The van der Waals surface area contributed by atoms with Crippen molar-refractivity contribution in [1.82, 2.24) is 10.3 Å². The Balaban J connectivity index is 1.73. The normalized spacial score (nSPS) is 10.4. The average Bonchev–Trinajstić information content (AvgIpc) is 2.95. The Bertz CT molecular complexity index is 785. The number of hydrogen-bond acceptors (Lipinski definition) is 4. The zero-order valence-corrected chi connectivity index (χ0v) is 13.3. The number of hydrogen-bond donors (Lipinski definition) is 2. The fourth-order valence-electron chi connectivity index (χ4n) is 2.31. The summed E-state index contributed by atoms with van der Waals surface area (Å²) in [5.74, 6) is -0.131. The quantitative estimate of drug-likeness (QED) is 0.757. The fraction of sp³-hybridized carbons (Fsp3) is 0.111. The van der Waals surface area contributed by atoms with Crippen molar-refractivity contribution >= 4 is 22.4 Å². The minimum atomic E-state index is -0.131. The number of aromatic nitrogens is 1. The topological polar surface area (TPSA) is 68.0 Å². The molecule has 3 N–H and O–H groups in total. The van der Waals surface area contributed by atoms with Gasteiger partial charge in [0.2, 0.25) is 0 Å². The van der Waals surface area contributed by atoms with Crippen LogP contribution in [0.15, 0.2) is 60.7 Å². The monoisotopic (exact) mass is 323 g/mol. The van der Waals surface area contributed by atoms with Gasteiger partial charge in [-0.3, -0.25) is 4.79 Å². The third-order valence-corrected chi connectivity index (χ3v) is 4.36. The molecular weight excluding hydrogens is 306 g/mol. The van der Waals surface area contributed by atoms with E-state index in [1.165, 1.54) is 11.3 Å². The van der Waals surface area contributed by atoms with Crippen molar-refractivity contribution in [3.63, 3.8) is 0 Å². The number of amides is 1. The molecule has 0 radical (unpaired) electrons. The first-order valence-corrected chi connectivity index (χ1v) is 8.15. The number of carbonyl (C=O) groups is 1. The summed E-state index contributed by atoms with van der Waals surface area (Å²) in [5, 5.41) is 3.35. The average molecular weight is 323 g/mol. The van der Waals surface area contributed by atoms with E-state index in [0.717, 1.165) is 16.8 Å². The maximum absolute atomic E-state index is 12.4. The second-order valence-electron chi connectivity index (χ2n) is 5.16. The van der Waals surface area contributed by atoms with Crippen molar-refractivity contribution in [2.45, 2.75) is 13.0 Å². The van der Waals surface area contributed by atoms with E-state index in [-0.39, 0.29) is 5.91 Å². The minimum absolute atomic E-state index is 0.131. The summed E-state index contributed by atoms with van der Waals surface area (Å²) >= 11 is 1.23. The van der Waals surface area contributed by atoms with Crippen LogP contribution in [0.2, 0.25) is 0 Å². The largest absolute Gasteiger partial charge is 0.375 e. The van der Waals surface area contributed by atoms with Crippen LogP contribution >= 0.6 is 11.3 Å². The van der Waals surface area contributed by atoms with Crippen LogP contribution in [0.4, 0.5) is 5.13 Å². The van der Waals surface area contributed by atoms with Crippen LogP contribution in [0.5, 0.6) is 0 Å². The van der Waals surface area contributed by atoms with Crippen LogP contribution in [0, 0.1) is 0 Å². The predicted octanol–water partition coefficient (Wildman–Crippen LogP) is 3.25. The molecule has 0 aliphatic rings. The highest BCUT2D eigenvalue weighted by atomic mass is 32.1. The lowest BCUT2D eigenvalue weighted by Gasteiger charge is -2.05. The third-order valence-electron chi connectivity index (χ3n) is 3.43. The van der Waals surface area contributed by atoms with Crippen LogP contribution in [0.3, 0.4) is 0 Å². The van der Waals surface area contributed by atoms with E-state index in [4.69, 9.17) is 5.73 Å². The second-order valence-corrected chi connectivity index (χ2v) is 6.19. The number of nitrogen functional groups attached to an aromatic ring is 1. The molecule has 0 unspecified atom stereocenters. The summed E-state index contributed by atoms with van der Waals surface area (Å²) in [7, 11) is 0. The van der Waals surface area contributed by atoms with Gasteiger partial charge in [0, 0.05) is 13.0 Å². The Labute approximate surface area is 139 Å². The molecule has 1 amide bonds. The van der Waals surface area contributed by atoms with E-state index in [1.807, 2.05) is 60.7 Å². The zero-order valence-electron chi connectivity index (χ0n) is 12.5. The van der Waals surface area contributed by atoms with E-state index in [1.54, 1.807) is 0 Å². The summed E-state index contributed by atoms with van der Waals surface area (Å²) < 4.78 is 0. The molecule has 0 aliphatic heterocycles. The highest BCUT2D eigenvalue weighted by molar-refractivity contribution is 7.17. The van der Waals surface area contributed by atoms with Gasteiger partial charge >= 0.3 is 0 Å². The lowest BCUT2D eigenvalue weighted by molar-refractivity contribution is 0.0954. The van der Waals surface area contributed by atoms with Crippen LogP contribution < -0.4 is 11.1 Å². The van der Waals surface area contributed by atoms with E-state index in [0.29, 0.717) is 23.0 Å². The maximum atomic E-state index is 12.4. The standard InChI is InChI=1S/C18H17N3OS/c19-18-21-15(11-13-7-3-1-4-8-13)16(23-18)17(22)20-12-14-9-5-2-6-10-14/h1-10H,11-12H2,(H2,19,21)(H,20,22). The molecule has 1 heterocycles. The Kier molecular flexibility index (Phi) is 4.68. The molecule has 2 aromatic carbocycles.